The highest BCUT2D eigenvalue weighted by Gasteiger charge is 2.56. The first-order valence-electron chi connectivity index (χ1n) is 9.80. The van der Waals surface area contributed by atoms with E-state index in [1.807, 2.05) is 0 Å². The summed E-state index contributed by atoms with van der Waals surface area (Å²) < 4.78 is 5.57. The van der Waals surface area contributed by atoms with Crippen LogP contribution in [-0.4, -0.2) is 65.3 Å². The highest BCUT2D eigenvalue weighted by Crippen LogP contribution is 2.40. The number of nitrogens with two attached hydrogens (primary N) is 1. The number of fused-ring (bicyclic) bond motifs is 1. The highest BCUT2D eigenvalue weighted by molar-refractivity contribution is 6.10. The number of rotatable bonds is 3. The number of urea groups is 1. The van der Waals surface area contributed by atoms with Crippen LogP contribution in [0, 0.1) is 0 Å². The molecule has 29 heavy (non-hydrogen) atoms. The Hall–Kier alpha value is -3.10. The molecule has 4 rings (SSSR count). The summed E-state index contributed by atoms with van der Waals surface area (Å²) in [5, 5.41) is 0. The lowest BCUT2D eigenvalue weighted by molar-refractivity contribution is -0.137. The monoisotopic (exact) mass is 400 g/mol. The number of anilines is 1. The first-order chi connectivity index (χ1) is 13.8. The van der Waals surface area contributed by atoms with Crippen LogP contribution in [0.3, 0.4) is 0 Å². The van der Waals surface area contributed by atoms with Crippen molar-refractivity contribution in [3.63, 3.8) is 0 Å². The van der Waals surface area contributed by atoms with Gasteiger partial charge in [-0.15, -0.1) is 0 Å². The fourth-order valence-corrected chi connectivity index (χ4v) is 4.51. The van der Waals surface area contributed by atoms with Crippen molar-refractivity contribution in [1.82, 2.24) is 9.80 Å². The number of benzene rings is 1. The number of hydrogen-bond donors (Lipinski definition) is 1. The summed E-state index contributed by atoms with van der Waals surface area (Å²) in [6.07, 6.45) is 3.02. The molecule has 2 aliphatic heterocycles. The van der Waals surface area contributed by atoms with E-state index >= 15 is 0 Å². The van der Waals surface area contributed by atoms with Gasteiger partial charge in [0.2, 0.25) is 5.91 Å². The minimum Gasteiger partial charge on any atom is -0.477 e. The largest absolute Gasteiger partial charge is 0.477 e. The second kappa shape index (κ2) is 7.06. The van der Waals surface area contributed by atoms with Gasteiger partial charge >= 0.3 is 6.03 Å². The fourth-order valence-electron chi connectivity index (χ4n) is 4.51. The van der Waals surface area contributed by atoms with Crippen molar-refractivity contribution in [1.29, 1.82) is 0 Å². The molecule has 0 aromatic heterocycles. The minimum atomic E-state index is -0.994. The highest BCUT2D eigenvalue weighted by atomic mass is 16.5. The quantitative estimate of drug-likeness (QED) is 0.756. The summed E-state index contributed by atoms with van der Waals surface area (Å²) >= 11 is 0. The fraction of sp³-hybridized carbons (Fsp3) is 0.500. The molecule has 2 heterocycles. The Labute approximate surface area is 168 Å². The van der Waals surface area contributed by atoms with Gasteiger partial charge < -0.3 is 20.3 Å². The zero-order chi connectivity index (χ0) is 20.8. The van der Waals surface area contributed by atoms with Crippen LogP contribution < -0.4 is 15.4 Å². The molecule has 1 saturated heterocycles. The molecule has 1 aliphatic carbocycles. The molecule has 2 fully saturated rings. The number of primary amides is 1. The first-order valence-corrected chi connectivity index (χ1v) is 9.80. The number of amides is 5. The predicted molar refractivity (Wildman–Crippen MR) is 103 cm³/mol. The molecule has 2 N–H and O–H groups in total. The molecular formula is C20H24N4O5. The summed E-state index contributed by atoms with van der Waals surface area (Å²) in [5.74, 6) is -1.11. The zero-order valence-corrected chi connectivity index (χ0v) is 16.3. The molecule has 1 aromatic carbocycles. The van der Waals surface area contributed by atoms with Gasteiger partial charge in [0.15, 0.2) is 6.10 Å². The SMILES string of the molecule is CN1C(=O)N(CC(=O)N2C[C@@H](C(N)=O)Oc3ccccc32)C(=O)C12CCCCC2. The molecule has 154 valence electrons. The smallest absolute Gasteiger partial charge is 0.327 e. The van der Waals surface area contributed by atoms with Crippen molar-refractivity contribution in [2.75, 3.05) is 25.0 Å². The van der Waals surface area contributed by atoms with Crippen molar-refractivity contribution in [2.24, 2.45) is 5.73 Å². The van der Waals surface area contributed by atoms with Crippen LogP contribution in [0.15, 0.2) is 24.3 Å². The van der Waals surface area contributed by atoms with Gasteiger partial charge in [-0.3, -0.25) is 19.3 Å². The van der Waals surface area contributed by atoms with Gasteiger partial charge in [0, 0.05) is 7.05 Å². The molecule has 0 radical (unpaired) electrons. The van der Waals surface area contributed by atoms with E-state index in [0.717, 1.165) is 24.2 Å². The van der Waals surface area contributed by atoms with E-state index in [-0.39, 0.29) is 19.0 Å². The van der Waals surface area contributed by atoms with Gasteiger partial charge in [0.25, 0.3) is 11.8 Å². The number of imide groups is 1. The normalized spacial score (nSPS) is 23.2. The van der Waals surface area contributed by atoms with E-state index in [4.69, 9.17) is 10.5 Å². The molecule has 9 nitrogen and oxygen atoms in total. The Morgan fingerprint density at radius 2 is 1.86 bits per heavy atom. The van der Waals surface area contributed by atoms with Crippen LogP contribution in [0.1, 0.15) is 32.1 Å². The van der Waals surface area contributed by atoms with Gasteiger partial charge in [-0.2, -0.15) is 0 Å². The zero-order valence-electron chi connectivity index (χ0n) is 16.3. The first kappa shape index (κ1) is 19.2. The van der Waals surface area contributed by atoms with E-state index in [0.29, 0.717) is 24.3 Å². The predicted octanol–water partition coefficient (Wildman–Crippen LogP) is 0.863. The van der Waals surface area contributed by atoms with Crippen molar-refractivity contribution in [3.05, 3.63) is 24.3 Å². The van der Waals surface area contributed by atoms with Crippen molar-refractivity contribution in [3.8, 4) is 5.75 Å². The van der Waals surface area contributed by atoms with E-state index in [1.165, 1.54) is 9.80 Å². The van der Waals surface area contributed by atoms with E-state index in [1.54, 1.807) is 31.3 Å². The maximum absolute atomic E-state index is 13.1. The topological polar surface area (TPSA) is 113 Å². The number of likely N-dealkylation sites (N-methyl/N-ethyl adjacent to an activating group) is 1. The van der Waals surface area contributed by atoms with Gasteiger partial charge in [0.1, 0.15) is 17.8 Å². The van der Waals surface area contributed by atoms with Crippen LogP contribution in [0.4, 0.5) is 10.5 Å². The minimum absolute atomic E-state index is 0.0671. The molecule has 5 amide bonds. The standard InChI is InChI=1S/C20H24N4O5/c1-22-19(28)24(18(27)20(22)9-5-2-6-10-20)12-16(25)23-11-15(17(21)26)29-14-8-4-3-7-13(14)23/h3-4,7-8,15H,2,5-6,9-12H2,1H3,(H2,21,26)/t15-/m0/s1. The summed E-state index contributed by atoms with van der Waals surface area (Å²) in [6.45, 7) is -0.452. The Kier molecular flexibility index (Phi) is 4.68. The molecular weight excluding hydrogens is 376 g/mol. The summed E-state index contributed by atoms with van der Waals surface area (Å²) in [5.41, 5.74) is 5.02. The maximum atomic E-state index is 13.1. The van der Waals surface area contributed by atoms with Crippen LogP contribution in [0.25, 0.3) is 0 Å². The van der Waals surface area contributed by atoms with Gasteiger partial charge in [-0.25, -0.2) is 4.79 Å². The van der Waals surface area contributed by atoms with Gasteiger partial charge in [-0.05, 0) is 25.0 Å². The third-order valence-corrected chi connectivity index (χ3v) is 6.17. The number of para-hydroxylation sites is 2. The van der Waals surface area contributed by atoms with Crippen molar-refractivity contribution < 1.29 is 23.9 Å². The molecule has 1 saturated carbocycles. The number of hydrogen-bond acceptors (Lipinski definition) is 5. The summed E-state index contributed by atoms with van der Waals surface area (Å²) in [6, 6.07) is 6.33. The average molecular weight is 400 g/mol. The number of nitrogens with zero attached hydrogens (tertiary/aromatic N) is 3. The van der Waals surface area contributed by atoms with Gasteiger partial charge in [0.05, 0.1) is 12.2 Å². The maximum Gasteiger partial charge on any atom is 0.327 e. The van der Waals surface area contributed by atoms with Crippen molar-refractivity contribution in [2.45, 2.75) is 43.7 Å². The van der Waals surface area contributed by atoms with Crippen LogP contribution in [0.5, 0.6) is 5.75 Å². The van der Waals surface area contributed by atoms with Gasteiger partial charge in [-0.1, -0.05) is 31.4 Å². The lowest BCUT2D eigenvalue weighted by Gasteiger charge is -2.36. The summed E-state index contributed by atoms with van der Waals surface area (Å²) in [4.78, 5) is 54.6. The second-order valence-corrected chi connectivity index (χ2v) is 7.81. The van der Waals surface area contributed by atoms with E-state index in [9.17, 15) is 19.2 Å². The van der Waals surface area contributed by atoms with Crippen molar-refractivity contribution >= 4 is 29.4 Å². The van der Waals surface area contributed by atoms with Crippen LogP contribution >= 0.6 is 0 Å². The Morgan fingerprint density at radius 1 is 1.17 bits per heavy atom. The average Bonchev–Trinajstić information content (AvgIpc) is 2.89. The second-order valence-electron chi connectivity index (χ2n) is 7.81. The molecule has 1 atom stereocenters. The lowest BCUT2D eigenvalue weighted by atomic mass is 9.81. The Bertz CT molecular complexity index is 879. The third kappa shape index (κ3) is 3.01. The van der Waals surface area contributed by atoms with E-state index < -0.39 is 29.5 Å². The molecule has 1 spiro atoms. The molecule has 1 aromatic rings. The lowest BCUT2D eigenvalue weighted by Crippen LogP contribution is -2.52. The number of carbonyl (C=O) groups is 4. The number of ether oxygens (including phenoxy) is 1. The van der Waals surface area contributed by atoms with E-state index in [2.05, 4.69) is 0 Å². The molecule has 9 heteroatoms. The Balaban J connectivity index is 1.58. The molecule has 0 unspecified atom stereocenters. The number of carbonyl (C=O) groups excluding carboxylic acids is 4. The Morgan fingerprint density at radius 3 is 2.55 bits per heavy atom. The third-order valence-electron chi connectivity index (χ3n) is 6.17. The molecule has 3 aliphatic rings. The molecule has 0 bridgehead atoms. The summed E-state index contributed by atoms with van der Waals surface area (Å²) in [7, 11) is 1.63. The van der Waals surface area contributed by atoms with Crippen LogP contribution in [-0.2, 0) is 14.4 Å². The van der Waals surface area contributed by atoms with Crippen LogP contribution in [0.2, 0.25) is 0 Å².